The van der Waals surface area contributed by atoms with E-state index in [0.717, 1.165) is 13.8 Å². The lowest BCUT2D eigenvalue weighted by atomic mass is 9.72. The molecule has 1 fully saturated rings. The summed E-state index contributed by atoms with van der Waals surface area (Å²) in [6, 6.07) is 15.4. The Kier molecular flexibility index (Phi) is 11.0. The fourth-order valence-corrected chi connectivity index (χ4v) is 6.58. The predicted octanol–water partition coefficient (Wildman–Crippen LogP) is 3.73. The number of esters is 4. The minimum Gasteiger partial charge on any atom is -0.457 e. The molecule has 0 spiro atoms. The number of allylic oxidation sites excluding steroid dienone is 2. The zero-order valence-corrected chi connectivity index (χ0v) is 28.8. The van der Waals surface area contributed by atoms with Gasteiger partial charge in [-0.05, 0) is 45.0 Å². The van der Waals surface area contributed by atoms with Crippen LogP contribution in [0.15, 0.2) is 85.0 Å². The van der Waals surface area contributed by atoms with Gasteiger partial charge in [-0.1, -0.05) is 62.1 Å². The minimum atomic E-state index is -2.56. The molecule has 2 aliphatic rings. The van der Waals surface area contributed by atoms with E-state index in [-0.39, 0.29) is 11.1 Å². The van der Waals surface area contributed by atoms with Crippen molar-refractivity contribution in [2.24, 2.45) is 17.3 Å². The lowest BCUT2D eigenvalue weighted by molar-refractivity contribution is -0.170. The number of ketones is 2. The lowest BCUT2D eigenvalue weighted by Gasteiger charge is -2.41. The molecule has 12 heteroatoms. The molecule has 2 aromatic rings. The molecule has 0 amide bonds. The van der Waals surface area contributed by atoms with E-state index in [1.807, 2.05) is 0 Å². The number of hydrogen-bond donors (Lipinski definition) is 2. The molecule has 4 rings (SSSR count). The Bertz CT molecular complexity index is 1690. The first-order valence-electron chi connectivity index (χ1n) is 16.1. The van der Waals surface area contributed by atoms with E-state index in [0.29, 0.717) is 0 Å². The van der Waals surface area contributed by atoms with E-state index in [2.05, 4.69) is 6.58 Å². The summed E-state index contributed by atoms with van der Waals surface area (Å²) in [5.41, 5.74) is -6.40. The van der Waals surface area contributed by atoms with Crippen molar-refractivity contribution in [2.75, 3.05) is 0 Å². The zero-order valence-electron chi connectivity index (χ0n) is 28.8. The standard InChI is InChI=1S/C38H42O12/c1-21-18-19-36(5,6)32(42)30(48-24(4)40)29(49-34(43)25-14-10-8-11-15-25)22(2)28(47-23(3)39)27-33(37(7,45)20-38(27,46)31(21)41)50-35(44)26-16-12-9-13-17-26/h8-19,21,27-30,33,45-46H,2,20H2,1,3-7H3/b19-18+/t21-,27-,28-,29-,30+,33+,37+,38+/m0/s1. The highest BCUT2D eigenvalue weighted by Gasteiger charge is 2.68. The minimum absolute atomic E-state index is 0.0441. The largest absolute Gasteiger partial charge is 0.457 e. The van der Waals surface area contributed by atoms with Crippen molar-refractivity contribution >= 4 is 35.4 Å². The number of benzene rings is 2. The Labute approximate surface area is 290 Å². The predicted molar refractivity (Wildman–Crippen MR) is 177 cm³/mol. The smallest absolute Gasteiger partial charge is 0.338 e. The molecule has 0 aromatic heterocycles. The second-order valence-electron chi connectivity index (χ2n) is 13.6. The van der Waals surface area contributed by atoms with Crippen LogP contribution in [0.1, 0.15) is 68.7 Å². The summed E-state index contributed by atoms with van der Waals surface area (Å²) in [7, 11) is 0. The average molecular weight is 691 g/mol. The van der Waals surface area contributed by atoms with Gasteiger partial charge in [0.2, 0.25) is 6.10 Å². The number of aliphatic hydroxyl groups is 2. The highest BCUT2D eigenvalue weighted by atomic mass is 16.6. The van der Waals surface area contributed by atoms with E-state index in [9.17, 15) is 39.0 Å². The maximum absolute atomic E-state index is 14.3. The summed E-state index contributed by atoms with van der Waals surface area (Å²) < 4.78 is 22.9. The molecule has 8 atom stereocenters. The molecule has 0 aliphatic heterocycles. The van der Waals surface area contributed by atoms with Crippen molar-refractivity contribution < 1.29 is 57.9 Å². The number of carbonyl (C=O) groups is 6. The number of carbonyl (C=O) groups excluding carboxylic acids is 6. The fraction of sp³-hybridized carbons (Fsp3) is 0.421. The normalized spacial score (nSPS) is 31.6. The molecule has 2 N–H and O–H groups in total. The Morgan fingerprint density at radius 2 is 1.20 bits per heavy atom. The number of hydrogen-bond acceptors (Lipinski definition) is 12. The highest BCUT2D eigenvalue weighted by Crippen LogP contribution is 2.50. The average Bonchev–Trinajstić information content (AvgIpc) is 3.27. The number of Topliss-reactive ketones (excluding diaryl/α,β-unsaturated/α-hetero) is 2. The monoisotopic (exact) mass is 690 g/mol. The van der Waals surface area contributed by atoms with Crippen LogP contribution in [0.25, 0.3) is 0 Å². The van der Waals surface area contributed by atoms with Crippen LogP contribution in [-0.4, -0.2) is 81.3 Å². The van der Waals surface area contributed by atoms with Crippen LogP contribution in [0, 0.1) is 17.3 Å². The molecule has 0 unspecified atom stereocenters. The van der Waals surface area contributed by atoms with Gasteiger partial charge in [-0.3, -0.25) is 19.2 Å². The molecule has 0 saturated heterocycles. The van der Waals surface area contributed by atoms with Gasteiger partial charge in [0.05, 0.1) is 17.0 Å². The first-order valence-corrected chi connectivity index (χ1v) is 16.1. The van der Waals surface area contributed by atoms with Gasteiger partial charge in [0.25, 0.3) is 0 Å². The van der Waals surface area contributed by atoms with E-state index < -0.39 is 100 Å². The van der Waals surface area contributed by atoms with Crippen molar-refractivity contribution in [3.8, 4) is 0 Å². The summed E-state index contributed by atoms with van der Waals surface area (Å²) >= 11 is 0. The maximum Gasteiger partial charge on any atom is 0.338 e. The van der Waals surface area contributed by atoms with Gasteiger partial charge in [0, 0.05) is 37.2 Å². The van der Waals surface area contributed by atoms with Crippen LogP contribution in [0.3, 0.4) is 0 Å². The molecular weight excluding hydrogens is 648 g/mol. The van der Waals surface area contributed by atoms with E-state index in [4.69, 9.17) is 18.9 Å². The quantitative estimate of drug-likeness (QED) is 0.255. The summed E-state index contributed by atoms with van der Waals surface area (Å²) in [5.74, 6) is -8.28. The molecule has 2 aromatic carbocycles. The molecule has 12 nitrogen and oxygen atoms in total. The van der Waals surface area contributed by atoms with Gasteiger partial charge in [-0.2, -0.15) is 0 Å². The van der Waals surface area contributed by atoms with Crippen LogP contribution in [-0.2, 0) is 38.1 Å². The van der Waals surface area contributed by atoms with Crippen molar-refractivity contribution in [1.82, 2.24) is 0 Å². The van der Waals surface area contributed by atoms with Gasteiger partial charge in [0.15, 0.2) is 17.7 Å². The first-order chi connectivity index (χ1) is 23.3. The second-order valence-corrected chi connectivity index (χ2v) is 13.6. The van der Waals surface area contributed by atoms with Crippen LogP contribution in [0.5, 0.6) is 0 Å². The van der Waals surface area contributed by atoms with Gasteiger partial charge in [-0.25, -0.2) is 9.59 Å². The zero-order chi connectivity index (χ0) is 37.2. The van der Waals surface area contributed by atoms with Crippen molar-refractivity contribution in [2.45, 2.75) is 83.6 Å². The van der Waals surface area contributed by atoms with Crippen molar-refractivity contribution in [3.63, 3.8) is 0 Å². The number of fused-ring (bicyclic) bond motifs is 1. The topological polar surface area (TPSA) is 180 Å². The molecular formula is C38H42O12. The van der Waals surface area contributed by atoms with Crippen molar-refractivity contribution in [1.29, 1.82) is 0 Å². The lowest BCUT2D eigenvalue weighted by Crippen LogP contribution is -2.57. The summed E-state index contributed by atoms with van der Waals surface area (Å²) in [6.45, 7) is 11.8. The SMILES string of the molecule is C=C1[C@H](OC(C)=O)[C@H]2[C@@H](OC(=O)c3ccccc3)[C@](C)(O)C[C@]2(O)C(=O)[C@@H](C)/C=C/C(C)(C)C(=O)[C@H](OC(C)=O)[C@H]1OC(=O)c1ccccc1. The van der Waals surface area contributed by atoms with Crippen LogP contribution < -0.4 is 0 Å². The first kappa shape index (κ1) is 37.9. The van der Waals surface area contributed by atoms with E-state index in [1.165, 1.54) is 64.1 Å². The Hall–Kier alpha value is -4.94. The molecule has 0 heterocycles. The van der Waals surface area contributed by atoms with Gasteiger partial charge < -0.3 is 29.2 Å². The molecule has 0 radical (unpaired) electrons. The maximum atomic E-state index is 14.3. The third kappa shape index (κ3) is 7.76. The summed E-state index contributed by atoms with van der Waals surface area (Å²) in [4.78, 5) is 80.8. The number of ether oxygens (including phenoxy) is 4. The Balaban J connectivity index is 2.00. The van der Waals surface area contributed by atoms with Gasteiger partial charge in [-0.15, -0.1) is 0 Å². The van der Waals surface area contributed by atoms with Gasteiger partial charge in [0.1, 0.15) is 23.4 Å². The molecule has 2 aliphatic carbocycles. The summed E-state index contributed by atoms with van der Waals surface area (Å²) in [5, 5.41) is 24.2. The molecule has 266 valence electrons. The van der Waals surface area contributed by atoms with Crippen LogP contribution >= 0.6 is 0 Å². The molecule has 50 heavy (non-hydrogen) atoms. The van der Waals surface area contributed by atoms with Crippen LogP contribution in [0.4, 0.5) is 0 Å². The second kappa shape index (κ2) is 14.5. The molecule has 1 saturated carbocycles. The third-order valence-corrected chi connectivity index (χ3v) is 9.06. The fourth-order valence-electron chi connectivity index (χ4n) is 6.58. The third-order valence-electron chi connectivity index (χ3n) is 9.06. The summed E-state index contributed by atoms with van der Waals surface area (Å²) in [6.07, 6.45) is -5.28. The Morgan fingerprint density at radius 1 is 0.720 bits per heavy atom. The van der Waals surface area contributed by atoms with E-state index >= 15 is 0 Å². The van der Waals surface area contributed by atoms with E-state index in [1.54, 1.807) is 36.4 Å². The Morgan fingerprint density at radius 3 is 1.70 bits per heavy atom. The van der Waals surface area contributed by atoms with Crippen molar-refractivity contribution in [3.05, 3.63) is 96.1 Å². The van der Waals surface area contributed by atoms with Gasteiger partial charge >= 0.3 is 23.9 Å². The van der Waals surface area contributed by atoms with Crippen LogP contribution in [0.2, 0.25) is 0 Å². The molecule has 0 bridgehead atoms. The highest BCUT2D eigenvalue weighted by molar-refractivity contribution is 5.96. The number of rotatable bonds is 6.